The molecule has 1 saturated carbocycles. The van der Waals surface area contributed by atoms with Gasteiger partial charge in [0.2, 0.25) is 5.91 Å². The molecule has 2 fully saturated rings. The molecule has 134 valence electrons. The maximum Gasteiger partial charge on any atom is 0.225 e. The van der Waals surface area contributed by atoms with Crippen LogP contribution in [-0.2, 0) is 11.3 Å². The summed E-state index contributed by atoms with van der Waals surface area (Å²) < 4.78 is 13.3. The summed E-state index contributed by atoms with van der Waals surface area (Å²) in [6.07, 6.45) is 4.32. The van der Waals surface area contributed by atoms with Gasteiger partial charge in [0, 0.05) is 18.5 Å². The highest BCUT2D eigenvalue weighted by molar-refractivity contribution is 5.84. The largest absolute Gasteiger partial charge is 0.355 e. The van der Waals surface area contributed by atoms with Gasteiger partial charge in [0.05, 0.1) is 17.6 Å². The molecule has 1 aromatic carbocycles. The fourth-order valence-electron chi connectivity index (χ4n) is 3.65. The van der Waals surface area contributed by atoms with Crippen LogP contribution in [0.1, 0.15) is 38.4 Å². The number of rotatable bonds is 5. The van der Waals surface area contributed by atoms with Gasteiger partial charge >= 0.3 is 0 Å². The standard InChI is InChI=1S/C19H25FN4O/c1-19(6-7-19)18(25)21-10-13-3-2-8-24(11-13)12-17-22-15-5-4-14(20)9-16(15)23-17/h4-5,9,13H,2-3,6-8,10-12H2,1H3,(H,21,25)(H,22,23)/t13-/m1/s1. The fourth-order valence-corrected chi connectivity index (χ4v) is 3.65. The number of nitrogens with one attached hydrogen (secondary N) is 2. The molecule has 2 N–H and O–H groups in total. The molecule has 4 rings (SSSR count). The first-order chi connectivity index (χ1) is 12.0. The van der Waals surface area contributed by atoms with Gasteiger partial charge in [0.15, 0.2) is 0 Å². The van der Waals surface area contributed by atoms with Crippen LogP contribution in [0.2, 0.25) is 0 Å². The number of imidazole rings is 1. The minimum Gasteiger partial charge on any atom is -0.355 e. The second-order valence-corrected chi connectivity index (χ2v) is 7.86. The maximum atomic E-state index is 13.3. The molecule has 2 heterocycles. The first-order valence-corrected chi connectivity index (χ1v) is 9.17. The van der Waals surface area contributed by atoms with Crippen molar-refractivity contribution in [2.45, 2.75) is 39.2 Å². The van der Waals surface area contributed by atoms with Gasteiger partial charge in [0.25, 0.3) is 0 Å². The van der Waals surface area contributed by atoms with Crippen molar-refractivity contribution >= 4 is 16.9 Å². The molecule has 1 atom stereocenters. The summed E-state index contributed by atoms with van der Waals surface area (Å²) in [5, 5.41) is 3.14. The van der Waals surface area contributed by atoms with Crippen molar-refractivity contribution in [2.24, 2.45) is 11.3 Å². The van der Waals surface area contributed by atoms with E-state index in [1.807, 2.05) is 6.92 Å². The minimum absolute atomic E-state index is 0.0993. The molecule has 1 aliphatic heterocycles. The molecule has 1 aromatic heterocycles. The highest BCUT2D eigenvalue weighted by atomic mass is 19.1. The van der Waals surface area contributed by atoms with Crippen molar-refractivity contribution < 1.29 is 9.18 Å². The summed E-state index contributed by atoms with van der Waals surface area (Å²) >= 11 is 0. The molecule has 2 aliphatic rings. The van der Waals surface area contributed by atoms with Crippen LogP contribution >= 0.6 is 0 Å². The monoisotopic (exact) mass is 344 g/mol. The lowest BCUT2D eigenvalue weighted by atomic mass is 9.97. The summed E-state index contributed by atoms with van der Waals surface area (Å²) in [5.74, 6) is 1.32. The Balaban J connectivity index is 1.33. The number of piperidine rings is 1. The molecule has 0 unspecified atom stereocenters. The first kappa shape index (κ1) is 16.5. The van der Waals surface area contributed by atoms with Crippen LogP contribution in [0.4, 0.5) is 4.39 Å². The van der Waals surface area contributed by atoms with Crippen molar-refractivity contribution in [1.82, 2.24) is 20.2 Å². The Morgan fingerprint density at radius 3 is 3.12 bits per heavy atom. The lowest BCUT2D eigenvalue weighted by molar-refractivity contribution is -0.126. The van der Waals surface area contributed by atoms with Crippen molar-refractivity contribution in [1.29, 1.82) is 0 Å². The SMILES string of the molecule is CC1(C(=O)NC[C@H]2CCCN(Cc3nc4ccc(F)cc4[nH]3)C2)CC1. The molecule has 25 heavy (non-hydrogen) atoms. The van der Waals surface area contributed by atoms with E-state index in [9.17, 15) is 9.18 Å². The third-order valence-corrected chi connectivity index (χ3v) is 5.57. The Bertz CT molecular complexity index is 783. The number of carbonyl (C=O) groups is 1. The number of aromatic nitrogens is 2. The molecule has 5 nitrogen and oxygen atoms in total. The van der Waals surface area contributed by atoms with E-state index >= 15 is 0 Å². The normalized spacial score (nSPS) is 22.9. The van der Waals surface area contributed by atoms with E-state index in [2.05, 4.69) is 20.2 Å². The number of nitrogens with zero attached hydrogens (tertiary/aromatic N) is 2. The number of likely N-dealkylation sites (tertiary alicyclic amines) is 1. The smallest absolute Gasteiger partial charge is 0.225 e. The Labute approximate surface area is 147 Å². The molecule has 0 radical (unpaired) electrons. The van der Waals surface area contributed by atoms with Gasteiger partial charge in [0.1, 0.15) is 11.6 Å². The summed E-state index contributed by atoms with van der Waals surface area (Å²) in [7, 11) is 0. The van der Waals surface area contributed by atoms with E-state index in [0.29, 0.717) is 5.92 Å². The van der Waals surface area contributed by atoms with Crippen LogP contribution in [0.25, 0.3) is 11.0 Å². The number of hydrogen-bond donors (Lipinski definition) is 2. The van der Waals surface area contributed by atoms with E-state index in [1.54, 1.807) is 6.07 Å². The van der Waals surface area contributed by atoms with Crippen LogP contribution in [0.3, 0.4) is 0 Å². The van der Waals surface area contributed by atoms with Crippen molar-refractivity contribution in [3.8, 4) is 0 Å². The van der Waals surface area contributed by atoms with Crippen molar-refractivity contribution in [2.75, 3.05) is 19.6 Å². The average molecular weight is 344 g/mol. The summed E-state index contributed by atoms with van der Waals surface area (Å²) in [6.45, 7) is 5.53. The quantitative estimate of drug-likeness (QED) is 0.877. The van der Waals surface area contributed by atoms with Gasteiger partial charge in [-0.25, -0.2) is 9.37 Å². The van der Waals surface area contributed by atoms with Crippen LogP contribution in [0.5, 0.6) is 0 Å². The fraction of sp³-hybridized carbons (Fsp3) is 0.579. The van der Waals surface area contributed by atoms with Crippen LogP contribution in [0, 0.1) is 17.2 Å². The molecule has 1 saturated heterocycles. The van der Waals surface area contributed by atoms with Gasteiger partial charge in [-0.3, -0.25) is 9.69 Å². The minimum atomic E-state index is -0.249. The second-order valence-electron chi connectivity index (χ2n) is 7.86. The summed E-state index contributed by atoms with van der Waals surface area (Å²) in [5.41, 5.74) is 1.45. The maximum absolute atomic E-state index is 13.3. The molecular formula is C19H25FN4O. The summed E-state index contributed by atoms with van der Waals surface area (Å²) in [4.78, 5) is 22.2. The van der Waals surface area contributed by atoms with Gasteiger partial charge in [-0.2, -0.15) is 0 Å². The number of hydrogen-bond acceptors (Lipinski definition) is 3. The number of halogens is 1. The molecule has 0 bridgehead atoms. The first-order valence-electron chi connectivity index (χ1n) is 9.17. The molecule has 1 aliphatic carbocycles. The lowest BCUT2D eigenvalue weighted by Crippen LogP contribution is -2.42. The Morgan fingerprint density at radius 1 is 1.48 bits per heavy atom. The van der Waals surface area contributed by atoms with Gasteiger partial charge < -0.3 is 10.3 Å². The zero-order chi connectivity index (χ0) is 17.4. The zero-order valence-corrected chi connectivity index (χ0v) is 14.6. The number of fused-ring (bicyclic) bond motifs is 1. The number of H-pyrrole nitrogens is 1. The topological polar surface area (TPSA) is 61.0 Å². The van der Waals surface area contributed by atoms with Crippen LogP contribution < -0.4 is 5.32 Å². The molecule has 2 aromatic rings. The predicted octanol–water partition coefficient (Wildman–Crippen LogP) is 2.83. The Morgan fingerprint density at radius 2 is 2.32 bits per heavy atom. The van der Waals surface area contributed by atoms with E-state index in [4.69, 9.17) is 0 Å². The molecule has 0 spiro atoms. The van der Waals surface area contributed by atoms with E-state index in [-0.39, 0.29) is 17.1 Å². The average Bonchev–Trinajstić information content (AvgIpc) is 3.22. The van der Waals surface area contributed by atoms with E-state index in [0.717, 1.165) is 68.7 Å². The van der Waals surface area contributed by atoms with Crippen molar-refractivity contribution in [3.63, 3.8) is 0 Å². The van der Waals surface area contributed by atoms with Crippen LogP contribution in [-0.4, -0.2) is 40.4 Å². The molecular weight excluding hydrogens is 319 g/mol. The van der Waals surface area contributed by atoms with Gasteiger partial charge in [-0.05, 0) is 56.3 Å². The third-order valence-electron chi connectivity index (χ3n) is 5.57. The number of benzene rings is 1. The van der Waals surface area contributed by atoms with Gasteiger partial charge in [-0.15, -0.1) is 0 Å². The number of amides is 1. The predicted molar refractivity (Wildman–Crippen MR) is 94.4 cm³/mol. The molecule has 1 amide bonds. The number of aromatic amines is 1. The highest BCUT2D eigenvalue weighted by Crippen LogP contribution is 2.45. The Hall–Kier alpha value is -1.95. The zero-order valence-electron chi connectivity index (χ0n) is 14.6. The second kappa shape index (κ2) is 6.41. The van der Waals surface area contributed by atoms with E-state index < -0.39 is 0 Å². The number of carbonyl (C=O) groups excluding carboxylic acids is 1. The highest BCUT2D eigenvalue weighted by Gasteiger charge is 2.44. The molecule has 6 heteroatoms. The van der Waals surface area contributed by atoms with E-state index in [1.165, 1.54) is 12.1 Å². The van der Waals surface area contributed by atoms with Crippen LogP contribution in [0.15, 0.2) is 18.2 Å². The Kier molecular flexibility index (Phi) is 4.23. The van der Waals surface area contributed by atoms with Gasteiger partial charge in [-0.1, -0.05) is 6.92 Å². The lowest BCUT2D eigenvalue weighted by Gasteiger charge is -2.32. The summed E-state index contributed by atoms with van der Waals surface area (Å²) in [6, 6.07) is 4.63. The van der Waals surface area contributed by atoms with Crippen molar-refractivity contribution in [3.05, 3.63) is 29.8 Å². The third kappa shape index (κ3) is 3.68.